The molecule has 74 heavy (non-hydrogen) atoms. The van der Waals surface area contributed by atoms with E-state index in [0.717, 1.165) is 36.2 Å². The molecular formula is C60H85N3O11. The molecule has 2 saturated heterocycles. The molecule has 406 valence electrons. The summed E-state index contributed by atoms with van der Waals surface area (Å²) in [5.74, 6) is -7.43. The van der Waals surface area contributed by atoms with Crippen molar-refractivity contribution in [2.75, 3.05) is 39.3 Å². The zero-order valence-corrected chi connectivity index (χ0v) is 45.7. The molecule has 1 amide bonds. The second-order valence-corrected chi connectivity index (χ2v) is 22.2. The number of carbonyl (C=O) groups is 4. The maximum atomic E-state index is 14.7. The van der Waals surface area contributed by atoms with Gasteiger partial charge in [-0.05, 0) is 132 Å². The fraction of sp³-hybridized carbons (Fsp3) is 0.633. The molecule has 4 aliphatic rings. The highest BCUT2D eigenvalue weighted by Gasteiger charge is 2.56. The topological polar surface area (TPSA) is 166 Å². The van der Waals surface area contributed by atoms with Crippen molar-refractivity contribution >= 4 is 40.0 Å². The van der Waals surface area contributed by atoms with E-state index < -0.39 is 77.8 Å². The molecule has 0 radical (unpaired) electrons. The number of hydrogen-bond donors (Lipinski definition) is 2. The summed E-state index contributed by atoms with van der Waals surface area (Å²) >= 11 is 0. The van der Waals surface area contributed by atoms with Gasteiger partial charge in [0.15, 0.2) is 0 Å². The maximum absolute atomic E-state index is 14.7. The van der Waals surface area contributed by atoms with E-state index in [2.05, 4.69) is 84.2 Å². The van der Waals surface area contributed by atoms with Crippen molar-refractivity contribution in [2.24, 2.45) is 29.6 Å². The molecule has 14 nitrogen and oxygen atoms in total. The van der Waals surface area contributed by atoms with Crippen LogP contribution in [-0.2, 0) is 49.4 Å². The highest BCUT2D eigenvalue weighted by molar-refractivity contribution is 6.39. The lowest BCUT2D eigenvalue weighted by molar-refractivity contribution is -0.302. The second kappa shape index (κ2) is 25.4. The number of carbonyl (C=O) groups excluding carboxylic acids is 4. The lowest BCUT2D eigenvalue weighted by Crippen LogP contribution is -2.64. The Kier molecular flexibility index (Phi) is 19.6. The molecule has 4 heterocycles. The minimum absolute atomic E-state index is 0.0292. The number of fused-ring (bicyclic) bond motifs is 4. The van der Waals surface area contributed by atoms with E-state index in [1.165, 1.54) is 21.4 Å². The van der Waals surface area contributed by atoms with Crippen LogP contribution in [0.15, 0.2) is 84.1 Å². The molecule has 2 aromatic carbocycles. The predicted molar refractivity (Wildman–Crippen MR) is 286 cm³/mol. The Labute approximate surface area is 439 Å². The predicted octanol–water partition coefficient (Wildman–Crippen LogP) is 9.01. The first-order valence-corrected chi connectivity index (χ1v) is 27.5. The van der Waals surface area contributed by atoms with Crippen molar-refractivity contribution in [3.05, 3.63) is 89.7 Å². The van der Waals surface area contributed by atoms with Gasteiger partial charge in [-0.25, -0.2) is 4.79 Å². The number of allylic oxidation sites excluding steroid dienone is 3. The molecule has 3 aliphatic heterocycles. The Morgan fingerprint density at radius 1 is 0.905 bits per heavy atom. The summed E-state index contributed by atoms with van der Waals surface area (Å²) in [5.41, 5.74) is 5.25. The first kappa shape index (κ1) is 57.0. The molecule has 3 fully saturated rings. The lowest BCUT2D eigenvalue weighted by atomic mass is 9.80. The average molecular weight is 1020 g/mol. The van der Waals surface area contributed by atoms with Crippen molar-refractivity contribution in [2.45, 2.75) is 180 Å². The highest BCUT2D eigenvalue weighted by Crippen LogP contribution is 2.40. The fourth-order valence-electron chi connectivity index (χ4n) is 12.5. The van der Waals surface area contributed by atoms with Crippen LogP contribution in [0.1, 0.15) is 125 Å². The maximum Gasteiger partial charge on any atom is 0.329 e. The number of aromatic nitrogens is 1. The molecule has 1 aliphatic carbocycles. The minimum atomic E-state index is -2.51. The zero-order chi connectivity index (χ0) is 53.4. The molecule has 14 atom stereocenters. The minimum Gasteiger partial charge on any atom is -0.456 e. The van der Waals surface area contributed by atoms with Gasteiger partial charge >= 0.3 is 5.97 Å². The van der Waals surface area contributed by atoms with Gasteiger partial charge in [-0.15, -0.1) is 0 Å². The van der Waals surface area contributed by atoms with Crippen molar-refractivity contribution in [3.8, 4) is 0 Å². The van der Waals surface area contributed by atoms with Gasteiger partial charge in [-0.1, -0.05) is 75.8 Å². The van der Waals surface area contributed by atoms with Gasteiger partial charge in [-0.2, -0.15) is 0 Å². The number of Topliss-reactive ketones (excluding diaryl/α,β-unsaturated/α-hetero) is 2. The van der Waals surface area contributed by atoms with E-state index in [1.807, 2.05) is 39.8 Å². The lowest BCUT2D eigenvalue weighted by Gasteiger charge is -2.47. The molecule has 1 aromatic heterocycles. The van der Waals surface area contributed by atoms with Crippen molar-refractivity contribution in [3.63, 3.8) is 0 Å². The number of methoxy groups -OCH3 is 2. The van der Waals surface area contributed by atoms with Crippen molar-refractivity contribution in [1.82, 2.24) is 9.47 Å². The quantitative estimate of drug-likeness (QED) is 0.107. The molecule has 2 N–H and O–H groups in total. The van der Waals surface area contributed by atoms with Crippen molar-refractivity contribution in [1.29, 1.82) is 0 Å². The van der Waals surface area contributed by atoms with Crippen LogP contribution < -0.4 is 4.90 Å². The number of rotatable bonds is 11. The third kappa shape index (κ3) is 12.9. The monoisotopic (exact) mass is 1020 g/mol. The van der Waals surface area contributed by atoms with Crippen LogP contribution >= 0.6 is 0 Å². The zero-order valence-electron chi connectivity index (χ0n) is 45.7. The Hall–Kier alpha value is -4.70. The second-order valence-electron chi connectivity index (χ2n) is 22.2. The Bertz CT molecular complexity index is 2450. The van der Waals surface area contributed by atoms with Crippen LogP contribution in [0.3, 0.4) is 0 Å². The van der Waals surface area contributed by atoms with Crippen LogP contribution in [0.2, 0.25) is 0 Å². The first-order valence-electron chi connectivity index (χ1n) is 27.5. The molecule has 0 spiro atoms. The summed E-state index contributed by atoms with van der Waals surface area (Å²) in [6.07, 6.45) is 7.45. The number of ether oxygens (including phenoxy) is 5. The van der Waals surface area contributed by atoms with Gasteiger partial charge in [0.1, 0.15) is 24.0 Å². The molecular weight excluding hydrogens is 939 g/mol. The first-order chi connectivity index (χ1) is 35.4. The Morgan fingerprint density at radius 2 is 1.64 bits per heavy atom. The number of cyclic esters (lactones) is 1. The number of piperidine rings is 1. The summed E-state index contributed by atoms with van der Waals surface area (Å²) in [6, 6.07) is 18.2. The van der Waals surface area contributed by atoms with Crippen LogP contribution in [0.25, 0.3) is 10.9 Å². The van der Waals surface area contributed by atoms with Crippen molar-refractivity contribution < 1.29 is 53.1 Å². The molecule has 14 unspecified atom stereocenters. The number of benzene rings is 2. The number of esters is 1. The number of likely N-dealkylation sites (N-methyl/N-ethyl adjacent to an activating group) is 1. The third-order valence-electron chi connectivity index (χ3n) is 16.8. The molecule has 3 aromatic rings. The van der Waals surface area contributed by atoms with Gasteiger partial charge in [0, 0.05) is 87.9 Å². The summed E-state index contributed by atoms with van der Waals surface area (Å²) in [4.78, 5) is 61.4. The molecule has 14 heteroatoms. The van der Waals surface area contributed by atoms with Gasteiger partial charge in [-0.3, -0.25) is 14.4 Å². The van der Waals surface area contributed by atoms with Crippen LogP contribution in [0.4, 0.5) is 5.69 Å². The summed E-state index contributed by atoms with van der Waals surface area (Å²) < 4.78 is 33.4. The van der Waals surface area contributed by atoms with Crippen LogP contribution in [0.5, 0.6) is 0 Å². The standard InChI is InChI=1S/C60H85N3O11/c1-11-44-29-37(3)28-38(4)30-53(70-9)56-54(71-10)32-40(6)60(69,74-56)57(66)58(67)63-26-17-16-20-49(63)59(68)73-55(41(7)50(64)35-51(44)65)39(5)31-43-21-23-48(52(33-43)72-12-2)61(8)46-22-24-47-45(34-46)25-27-62(47)36-42-18-14-13-15-19-42/h13-15,18-19,22,24-25,27,29,31,34,38,40-41,43-44,48-50,52-56,64,69H,11-12,16-17,20-21,23,26,28,30,32-33,35-36H2,1-10H3. The van der Waals surface area contributed by atoms with Gasteiger partial charge < -0.3 is 48.3 Å². The van der Waals surface area contributed by atoms with E-state index in [0.29, 0.717) is 45.1 Å². The molecule has 1 saturated carbocycles. The normalized spacial score (nSPS) is 33.6. The average Bonchev–Trinajstić information content (AvgIpc) is 3.79. The van der Waals surface area contributed by atoms with E-state index >= 15 is 0 Å². The third-order valence-corrected chi connectivity index (χ3v) is 16.8. The number of hydrogen-bond acceptors (Lipinski definition) is 12. The molecule has 2 bridgehead atoms. The van der Waals surface area contributed by atoms with Gasteiger partial charge in [0.2, 0.25) is 5.79 Å². The number of aliphatic hydroxyl groups excluding tert-OH is 1. The van der Waals surface area contributed by atoms with Crippen LogP contribution in [-0.4, -0.2) is 132 Å². The number of aliphatic hydroxyl groups is 2. The van der Waals surface area contributed by atoms with Gasteiger partial charge in [0.25, 0.3) is 11.7 Å². The number of anilines is 1. The van der Waals surface area contributed by atoms with E-state index in [1.54, 1.807) is 28.1 Å². The van der Waals surface area contributed by atoms with Crippen LogP contribution in [0, 0.1) is 29.6 Å². The fourth-order valence-corrected chi connectivity index (χ4v) is 12.5. The summed E-state index contributed by atoms with van der Waals surface area (Å²) in [6.45, 7) is 14.8. The SMILES string of the molecule is CCOC1CC(C=C(C)C2OC(=O)C3CCCCN3C(=O)C(=O)C3(O)OC(C(OC)CC(C)CC(C)=CC(CC)C(=O)CC(O)C2C)C(OC)CC3C)CCC1N(C)c1ccc2c(ccn2Cc2ccccc2)c1. The number of nitrogens with zero attached hydrogens (tertiary/aromatic N) is 3. The van der Waals surface area contributed by atoms with E-state index in [4.69, 9.17) is 23.7 Å². The highest BCUT2D eigenvalue weighted by atomic mass is 16.7. The van der Waals surface area contributed by atoms with E-state index in [9.17, 15) is 29.4 Å². The summed E-state index contributed by atoms with van der Waals surface area (Å²) in [7, 11) is 5.23. The number of amides is 1. The largest absolute Gasteiger partial charge is 0.456 e. The smallest absolute Gasteiger partial charge is 0.329 e. The van der Waals surface area contributed by atoms with E-state index in [-0.39, 0.29) is 55.6 Å². The molecule has 7 rings (SSSR count). The Balaban J connectivity index is 1.16. The van der Waals surface area contributed by atoms with Gasteiger partial charge in [0.05, 0.1) is 30.5 Å². The Morgan fingerprint density at radius 3 is 2.34 bits per heavy atom. The number of ketones is 2. The summed E-state index contributed by atoms with van der Waals surface area (Å²) in [5, 5.41) is 25.4.